The molecule has 0 amide bonds. The first-order valence-electron chi connectivity index (χ1n) is 9.02. The molecule has 0 fully saturated rings. The molecule has 1 aliphatic heterocycles. The summed E-state index contributed by atoms with van der Waals surface area (Å²) >= 11 is 6.12. The van der Waals surface area contributed by atoms with E-state index >= 15 is 0 Å². The molecule has 0 bridgehead atoms. The van der Waals surface area contributed by atoms with E-state index in [1.807, 2.05) is 0 Å². The van der Waals surface area contributed by atoms with Crippen LogP contribution in [0.25, 0.3) is 5.69 Å². The van der Waals surface area contributed by atoms with Gasteiger partial charge in [0, 0.05) is 10.6 Å². The van der Waals surface area contributed by atoms with Crippen LogP contribution in [0, 0.1) is 12.7 Å². The number of nitrogens with zero attached hydrogens (tertiary/aromatic N) is 3. The van der Waals surface area contributed by atoms with E-state index in [4.69, 9.17) is 16.3 Å². The predicted octanol–water partition coefficient (Wildman–Crippen LogP) is 5.02. The summed E-state index contributed by atoms with van der Waals surface area (Å²) < 4.78 is 62.0. The van der Waals surface area contributed by atoms with E-state index in [0.29, 0.717) is 5.56 Å². The third-order valence-corrected chi connectivity index (χ3v) is 5.23. The van der Waals surface area contributed by atoms with Gasteiger partial charge in [0.05, 0.1) is 12.1 Å². The first-order chi connectivity index (χ1) is 14.6. The predicted molar refractivity (Wildman–Crippen MR) is 100 cm³/mol. The van der Waals surface area contributed by atoms with Crippen molar-refractivity contribution >= 4 is 17.6 Å². The molecule has 6 nitrogen and oxygen atoms in total. The number of benzene rings is 2. The number of ether oxygens (including phenoxy) is 1. The van der Waals surface area contributed by atoms with Crippen molar-refractivity contribution in [3.05, 3.63) is 75.6 Å². The first kappa shape index (κ1) is 21.3. The van der Waals surface area contributed by atoms with E-state index in [2.05, 4.69) is 10.2 Å². The molecule has 11 heteroatoms. The van der Waals surface area contributed by atoms with Gasteiger partial charge in [-0.15, -0.1) is 10.2 Å². The van der Waals surface area contributed by atoms with E-state index in [9.17, 15) is 27.5 Å². The number of carboxylic acids is 1. The smallest absolute Gasteiger partial charge is 0.452 e. The summed E-state index contributed by atoms with van der Waals surface area (Å²) in [5, 5.41) is 16.4. The molecule has 2 atom stereocenters. The van der Waals surface area contributed by atoms with E-state index in [1.54, 1.807) is 6.07 Å². The number of rotatable bonds is 3. The molecule has 3 aromatic rings. The Hall–Kier alpha value is -2.98. The lowest BCUT2D eigenvalue weighted by Gasteiger charge is -2.23. The zero-order valence-electron chi connectivity index (χ0n) is 15.8. The van der Waals surface area contributed by atoms with Crippen LogP contribution in [0.2, 0.25) is 5.02 Å². The van der Waals surface area contributed by atoms with Crippen LogP contribution in [0.5, 0.6) is 0 Å². The van der Waals surface area contributed by atoms with E-state index in [1.165, 1.54) is 37.3 Å². The van der Waals surface area contributed by atoms with Gasteiger partial charge in [0.2, 0.25) is 5.82 Å². The number of carbonyl (C=O) groups is 1. The molecule has 0 radical (unpaired) electrons. The highest BCUT2D eigenvalue weighted by atomic mass is 35.5. The molecular formula is C20H14ClF4N3O3. The maximum absolute atomic E-state index is 14.3. The van der Waals surface area contributed by atoms with Gasteiger partial charge in [-0.25, -0.2) is 4.39 Å². The fourth-order valence-corrected chi connectivity index (χ4v) is 3.79. The molecule has 0 aliphatic carbocycles. The minimum Gasteiger partial charge on any atom is -0.481 e. The molecule has 2 aromatic carbocycles. The molecule has 1 N–H and O–H groups in total. The molecule has 162 valence electrons. The SMILES string of the molecule is Cc1c(F)cccc1C1OC(CC(=O)O)c2nnc(C(F)(F)F)n2-c2ccc(Cl)cc21. The Bertz CT molecular complexity index is 1180. The Morgan fingerprint density at radius 3 is 2.65 bits per heavy atom. The number of alkyl halides is 3. The zero-order chi connectivity index (χ0) is 22.5. The van der Waals surface area contributed by atoms with Crippen molar-refractivity contribution in [1.29, 1.82) is 0 Å². The van der Waals surface area contributed by atoms with Gasteiger partial charge in [-0.3, -0.25) is 9.36 Å². The van der Waals surface area contributed by atoms with Gasteiger partial charge in [0.1, 0.15) is 18.0 Å². The summed E-state index contributed by atoms with van der Waals surface area (Å²) in [4.78, 5) is 11.4. The van der Waals surface area contributed by atoms with Gasteiger partial charge < -0.3 is 9.84 Å². The summed E-state index contributed by atoms with van der Waals surface area (Å²) in [5.41, 5.74) is 0.742. The molecule has 31 heavy (non-hydrogen) atoms. The number of aliphatic carboxylic acids is 1. The van der Waals surface area contributed by atoms with Crippen molar-refractivity contribution in [3.63, 3.8) is 0 Å². The van der Waals surface area contributed by atoms with Crippen LogP contribution in [0.15, 0.2) is 36.4 Å². The number of hydrogen-bond donors (Lipinski definition) is 1. The average Bonchev–Trinajstić information content (AvgIpc) is 3.08. The van der Waals surface area contributed by atoms with Gasteiger partial charge in [-0.05, 0) is 42.3 Å². The third kappa shape index (κ3) is 3.77. The van der Waals surface area contributed by atoms with Gasteiger partial charge in [0.25, 0.3) is 0 Å². The van der Waals surface area contributed by atoms with Gasteiger partial charge in [0.15, 0.2) is 5.82 Å². The van der Waals surface area contributed by atoms with Gasteiger partial charge in [-0.1, -0.05) is 23.7 Å². The maximum atomic E-state index is 14.3. The molecule has 0 spiro atoms. The standard InChI is InChI=1S/C20H14ClF4N3O3/c1-9-11(3-2-4-13(9)22)17-12-7-10(21)5-6-14(12)28-18(15(31-17)8-16(29)30)26-27-19(28)20(23,24)25/h2-7,15,17H,8H2,1H3,(H,29,30). The highest BCUT2D eigenvalue weighted by molar-refractivity contribution is 6.30. The second-order valence-corrected chi connectivity index (χ2v) is 7.41. The van der Waals surface area contributed by atoms with E-state index in [0.717, 1.165) is 4.57 Å². The number of hydrogen-bond acceptors (Lipinski definition) is 4. The summed E-state index contributed by atoms with van der Waals surface area (Å²) in [5.74, 6) is -3.51. The van der Waals surface area contributed by atoms with Gasteiger partial charge >= 0.3 is 12.1 Å². The Morgan fingerprint density at radius 2 is 1.97 bits per heavy atom. The summed E-state index contributed by atoms with van der Waals surface area (Å²) in [7, 11) is 0. The topological polar surface area (TPSA) is 77.2 Å². The molecule has 1 aliphatic rings. The second kappa shape index (κ2) is 7.61. The molecule has 0 saturated carbocycles. The van der Waals surface area contributed by atoms with Gasteiger partial charge in [-0.2, -0.15) is 13.2 Å². The van der Waals surface area contributed by atoms with E-state index < -0.39 is 42.4 Å². The highest BCUT2D eigenvalue weighted by Gasteiger charge is 2.43. The van der Waals surface area contributed by atoms with Crippen LogP contribution in [0.3, 0.4) is 0 Å². The summed E-state index contributed by atoms with van der Waals surface area (Å²) in [6, 6.07) is 8.36. The monoisotopic (exact) mass is 455 g/mol. The number of aromatic nitrogens is 3. The summed E-state index contributed by atoms with van der Waals surface area (Å²) in [6.45, 7) is 1.50. The molecule has 4 rings (SSSR count). The number of carboxylic acid groups (broad SMARTS) is 1. The lowest BCUT2D eigenvalue weighted by atomic mass is 9.95. The van der Waals surface area contributed by atoms with Crippen LogP contribution in [0.4, 0.5) is 17.6 Å². The van der Waals surface area contributed by atoms with Crippen LogP contribution in [-0.2, 0) is 15.7 Å². The van der Waals surface area contributed by atoms with Crippen molar-refractivity contribution in [1.82, 2.24) is 14.8 Å². The number of fused-ring (bicyclic) bond motifs is 3. The fourth-order valence-electron chi connectivity index (χ4n) is 3.61. The maximum Gasteiger partial charge on any atom is 0.452 e. The van der Waals surface area contributed by atoms with Crippen molar-refractivity contribution in [2.75, 3.05) is 0 Å². The highest BCUT2D eigenvalue weighted by Crippen LogP contribution is 2.44. The van der Waals surface area contributed by atoms with Crippen molar-refractivity contribution in [2.24, 2.45) is 0 Å². The fraction of sp³-hybridized carbons (Fsp3) is 0.250. The average molecular weight is 456 g/mol. The Morgan fingerprint density at radius 1 is 1.23 bits per heavy atom. The van der Waals surface area contributed by atoms with Crippen LogP contribution in [0.1, 0.15) is 47.0 Å². The minimum absolute atomic E-state index is 0.0123. The quantitative estimate of drug-likeness (QED) is 0.561. The molecule has 1 aromatic heterocycles. The third-order valence-electron chi connectivity index (χ3n) is 4.99. The molecule has 2 unspecified atom stereocenters. The summed E-state index contributed by atoms with van der Waals surface area (Å²) in [6.07, 6.45) is -8.04. The lowest BCUT2D eigenvalue weighted by Crippen LogP contribution is -2.17. The Labute approximate surface area is 178 Å². The van der Waals surface area contributed by atoms with E-state index in [-0.39, 0.29) is 27.7 Å². The lowest BCUT2D eigenvalue weighted by molar-refractivity contribution is -0.146. The van der Waals surface area contributed by atoms with Crippen molar-refractivity contribution in [2.45, 2.75) is 31.7 Å². The second-order valence-electron chi connectivity index (χ2n) is 6.97. The van der Waals surface area contributed by atoms with Crippen LogP contribution >= 0.6 is 11.6 Å². The molecule has 2 heterocycles. The zero-order valence-corrected chi connectivity index (χ0v) is 16.6. The largest absolute Gasteiger partial charge is 0.481 e. The normalized spacial score (nSPS) is 18.3. The minimum atomic E-state index is -4.87. The van der Waals surface area contributed by atoms with Crippen molar-refractivity contribution < 1.29 is 32.2 Å². The Kier molecular flexibility index (Phi) is 5.22. The van der Waals surface area contributed by atoms with Crippen LogP contribution in [-0.4, -0.2) is 25.8 Å². The molecular weight excluding hydrogens is 442 g/mol. The first-order valence-corrected chi connectivity index (χ1v) is 9.40. The Balaban J connectivity index is 2.04. The number of halogens is 5. The molecule has 0 saturated heterocycles. The van der Waals surface area contributed by atoms with Crippen molar-refractivity contribution in [3.8, 4) is 5.69 Å². The van der Waals surface area contributed by atoms with Crippen LogP contribution < -0.4 is 0 Å².